The fraction of sp³-hybridized carbons (Fsp3) is 0.238. The predicted octanol–water partition coefficient (Wildman–Crippen LogP) is 3.46. The summed E-state index contributed by atoms with van der Waals surface area (Å²) >= 11 is 5.92. The maximum absolute atomic E-state index is 9.40. The van der Waals surface area contributed by atoms with Crippen LogP contribution < -0.4 is 4.90 Å². The quantitative estimate of drug-likeness (QED) is 0.657. The normalized spacial score (nSPS) is 14.4. The molecule has 0 spiro atoms. The smallest absolute Gasteiger partial charge is 0.241 e. The van der Waals surface area contributed by atoms with Crippen molar-refractivity contribution in [3.05, 3.63) is 64.5 Å². The van der Waals surface area contributed by atoms with Gasteiger partial charge in [-0.25, -0.2) is 0 Å². The number of piperazine rings is 1. The van der Waals surface area contributed by atoms with Crippen LogP contribution in [0, 0.1) is 22.7 Å². The summed E-state index contributed by atoms with van der Waals surface area (Å²) < 4.78 is 5.40. The van der Waals surface area contributed by atoms with Gasteiger partial charge in [0.15, 0.2) is 0 Å². The molecule has 0 aliphatic carbocycles. The van der Waals surface area contributed by atoms with E-state index >= 15 is 0 Å². The first-order valence-electron chi connectivity index (χ1n) is 9.17. The highest BCUT2D eigenvalue weighted by Crippen LogP contribution is 2.26. The molecule has 0 unspecified atom stereocenters. The van der Waals surface area contributed by atoms with Crippen LogP contribution >= 0.6 is 11.6 Å². The Kier molecular flexibility index (Phi) is 5.44. The van der Waals surface area contributed by atoms with E-state index in [1.165, 1.54) is 0 Å². The number of para-hydroxylation sites is 1. The Morgan fingerprint density at radius 2 is 1.62 bits per heavy atom. The number of hydrogen-bond acceptors (Lipinski definition) is 7. The summed E-state index contributed by atoms with van der Waals surface area (Å²) in [5.74, 6) is 1.09. The molecule has 2 aromatic carbocycles. The average Bonchev–Trinajstić information content (AvgIpc) is 3.22. The molecule has 1 aromatic heterocycles. The summed E-state index contributed by atoms with van der Waals surface area (Å²) in [6.07, 6.45) is 0. The van der Waals surface area contributed by atoms with Gasteiger partial charge >= 0.3 is 0 Å². The van der Waals surface area contributed by atoms with Crippen molar-refractivity contribution in [1.29, 1.82) is 10.5 Å². The Bertz CT molecular complexity index is 1060. The minimum absolute atomic E-state index is 0.530. The van der Waals surface area contributed by atoms with E-state index in [4.69, 9.17) is 16.1 Å². The first-order chi connectivity index (χ1) is 14.2. The maximum Gasteiger partial charge on any atom is 0.241 e. The van der Waals surface area contributed by atoms with Crippen LogP contribution in [0.15, 0.2) is 47.0 Å². The Labute approximate surface area is 173 Å². The monoisotopic (exact) mass is 404 g/mol. The molecule has 29 heavy (non-hydrogen) atoms. The van der Waals surface area contributed by atoms with Crippen LogP contribution in [0.5, 0.6) is 0 Å². The third-order valence-corrected chi connectivity index (χ3v) is 5.15. The standard InChI is InChI=1S/C21H17ClN6O/c22-18-6-4-15(5-7-18)21-25-19(29-26-21)14-27-8-10-28(11-9-27)20-16(12-23)2-1-3-17(20)13-24/h1-7H,8-11,14H2. The van der Waals surface area contributed by atoms with E-state index in [-0.39, 0.29) is 0 Å². The highest BCUT2D eigenvalue weighted by atomic mass is 35.5. The summed E-state index contributed by atoms with van der Waals surface area (Å²) in [4.78, 5) is 8.79. The molecular formula is C21H17ClN6O. The van der Waals surface area contributed by atoms with Gasteiger partial charge in [-0.15, -0.1) is 0 Å². The van der Waals surface area contributed by atoms with Gasteiger partial charge in [0.25, 0.3) is 0 Å². The van der Waals surface area contributed by atoms with Gasteiger partial charge in [0.2, 0.25) is 11.7 Å². The number of nitriles is 2. The van der Waals surface area contributed by atoms with Crippen LogP contribution in [0.4, 0.5) is 5.69 Å². The molecular weight excluding hydrogens is 388 g/mol. The fourth-order valence-corrected chi connectivity index (χ4v) is 3.55. The number of rotatable bonds is 4. The van der Waals surface area contributed by atoms with Crippen LogP contribution in [0.2, 0.25) is 5.02 Å². The zero-order valence-corrected chi connectivity index (χ0v) is 16.3. The van der Waals surface area contributed by atoms with E-state index in [1.807, 2.05) is 12.1 Å². The molecule has 1 fully saturated rings. The lowest BCUT2D eigenvalue weighted by Gasteiger charge is -2.36. The molecule has 0 atom stereocenters. The van der Waals surface area contributed by atoms with Gasteiger partial charge in [0.05, 0.1) is 23.4 Å². The molecule has 7 nitrogen and oxygen atoms in total. The molecule has 0 radical (unpaired) electrons. The zero-order valence-electron chi connectivity index (χ0n) is 15.5. The Morgan fingerprint density at radius 1 is 0.966 bits per heavy atom. The molecule has 0 bridgehead atoms. The van der Waals surface area contributed by atoms with Crippen LogP contribution in [0.1, 0.15) is 17.0 Å². The molecule has 4 rings (SSSR count). The van der Waals surface area contributed by atoms with Gasteiger partial charge in [0.1, 0.15) is 12.1 Å². The highest BCUT2D eigenvalue weighted by Gasteiger charge is 2.23. The second-order valence-electron chi connectivity index (χ2n) is 6.71. The van der Waals surface area contributed by atoms with Crippen LogP contribution in [0.3, 0.4) is 0 Å². The van der Waals surface area contributed by atoms with E-state index in [2.05, 4.69) is 32.1 Å². The van der Waals surface area contributed by atoms with Crippen molar-refractivity contribution < 1.29 is 4.52 Å². The summed E-state index contributed by atoms with van der Waals surface area (Å²) in [5, 5.41) is 23.5. The second-order valence-corrected chi connectivity index (χ2v) is 7.14. The van der Waals surface area contributed by atoms with Crippen molar-refractivity contribution in [2.24, 2.45) is 0 Å². The second kappa shape index (κ2) is 8.32. The fourth-order valence-electron chi connectivity index (χ4n) is 3.42. The van der Waals surface area contributed by atoms with Crippen molar-refractivity contribution in [3.63, 3.8) is 0 Å². The molecule has 144 valence electrons. The zero-order chi connectivity index (χ0) is 20.2. The van der Waals surface area contributed by atoms with Gasteiger partial charge in [-0.2, -0.15) is 15.5 Å². The predicted molar refractivity (Wildman–Crippen MR) is 108 cm³/mol. The van der Waals surface area contributed by atoms with Crippen molar-refractivity contribution in [2.45, 2.75) is 6.54 Å². The van der Waals surface area contributed by atoms with Crippen LogP contribution in [0.25, 0.3) is 11.4 Å². The van der Waals surface area contributed by atoms with Crippen molar-refractivity contribution in [1.82, 2.24) is 15.0 Å². The summed E-state index contributed by atoms with van der Waals surface area (Å²) in [6.45, 7) is 3.52. The first kappa shape index (κ1) is 18.9. The number of halogens is 1. The van der Waals surface area contributed by atoms with E-state index in [0.29, 0.717) is 47.5 Å². The lowest BCUT2D eigenvalue weighted by atomic mass is 10.1. The minimum atomic E-state index is 0.530. The minimum Gasteiger partial charge on any atom is -0.367 e. The maximum atomic E-state index is 9.40. The average molecular weight is 405 g/mol. The van der Waals surface area contributed by atoms with Gasteiger partial charge in [-0.1, -0.05) is 22.8 Å². The SMILES string of the molecule is N#Cc1cccc(C#N)c1N1CCN(Cc2nc(-c3ccc(Cl)cc3)no2)CC1. The molecule has 1 saturated heterocycles. The molecule has 8 heteroatoms. The Balaban J connectivity index is 1.41. The third kappa shape index (κ3) is 4.07. The Hall–Kier alpha value is -3.39. The molecule has 0 saturated carbocycles. The van der Waals surface area contributed by atoms with E-state index in [0.717, 1.165) is 24.3 Å². The Morgan fingerprint density at radius 3 is 2.24 bits per heavy atom. The summed E-state index contributed by atoms with van der Waals surface area (Å²) in [7, 11) is 0. The molecule has 0 N–H and O–H groups in total. The number of hydrogen-bond donors (Lipinski definition) is 0. The first-order valence-corrected chi connectivity index (χ1v) is 9.55. The largest absolute Gasteiger partial charge is 0.367 e. The molecule has 2 heterocycles. The molecule has 3 aromatic rings. The van der Waals surface area contributed by atoms with Gasteiger partial charge in [0, 0.05) is 36.8 Å². The number of benzene rings is 2. The van der Waals surface area contributed by atoms with Gasteiger partial charge < -0.3 is 9.42 Å². The van der Waals surface area contributed by atoms with E-state index < -0.39 is 0 Å². The third-order valence-electron chi connectivity index (χ3n) is 4.89. The summed E-state index contributed by atoms with van der Waals surface area (Å²) in [6, 6.07) is 16.9. The van der Waals surface area contributed by atoms with Crippen molar-refractivity contribution in [3.8, 4) is 23.5 Å². The van der Waals surface area contributed by atoms with Crippen molar-refractivity contribution in [2.75, 3.05) is 31.1 Å². The van der Waals surface area contributed by atoms with E-state index in [9.17, 15) is 10.5 Å². The van der Waals surface area contributed by atoms with Gasteiger partial charge in [-0.3, -0.25) is 4.90 Å². The molecule has 0 amide bonds. The number of nitrogens with zero attached hydrogens (tertiary/aromatic N) is 6. The lowest BCUT2D eigenvalue weighted by molar-refractivity contribution is 0.215. The number of anilines is 1. The molecule has 1 aliphatic rings. The van der Waals surface area contributed by atoms with Crippen LogP contribution in [-0.4, -0.2) is 41.2 Å². The topological polar surface area (TPSA) is 93.0 Å². The summed E-state index contributed by atoms with van der Waals surface area (Å²) in [5.41, 5.74) is 2.63. The highest BCUT2D eigenvalue weighted by molar-refractivity contribution is 6.30. The van der Waals surface area contributed by atoms with Gasteiger partial charge in [-0.05, 0) is 36.4 Å². The van der Waals surface area contributed by atoms with E-state index in [1.54, 1.807) is 30.3 Å². The lowest BCUT2D eigenvalue weighted by Crippen LogP contribution is -2.46. The molecule has 1 aliphatic heterocycles. The number of aromatic nitrogens is 2. The van der Waals surface area contributed by atoms with Crippen LogP contribution in [-0.2, 0) is 6.54 Å². The van der Waals surface area contributed by atoms with Crippen molar-refractivity contribution >= 4 is 17.3 Å².